The molecule has 13 heteroatoms. The van der Waals surface area contributed by atoms with Gasteiger partial charge in [-0.2, -0.15) is 0 Å². The summed E-state index contributed by atoms with van der Waals surface area (Å²) in [5, 5.41) is 35.5. The zero-order chi connectivity index (χ0) is 27.9. The molecule has 0 amide bonds. The van der Waals surface area contributed by atoms with Crippen LogP contribution in [0.4, 0.5) is 8.78 Å². The van der Waals surface area contributed by atoms with Crippen molar-refractivity contribution in [2.75, 3.05) is 19.8 Å². The third kappa shape index (κ3) is 13.9. The van der Waals surface area contributed by atoms with Crippen LogP contribution in [-0.2, 0) is 27.3 Å². The fourth-order valence-electron chi connectivity index (χ4n) is 3.87. The molecule has 214 valence electrons. The molecule has 0 saturated carbocycles. The van der Waals surface area contributed by atoms with Gasteiger partial charge in [0.15, 0.2) is 0 Å². The number of aliphatic hydroxyl groups is 3. The summed E-state index contributed by atoms with van der Waals surface area (Å²) in [6.45, 7) is 2.33. The molecule has 9 nitrogen and oxygen atoms in total. The first-order chi connectivity index (χ1) is 18.4. The number of unbranched alkanes of at least 4 members (excludes halogenated alkanes) is 1. The van der Waals surface area contributed by atoms with Gasteiger partial charge in [-0.3, -0.25) is 4.79 Å². The normalized spacial score (nSPS) is 18.8. The molecule has 2 aliphatic heterocycles. The number of benzene rings is 2. The minimum atomic E-state index is -0.872. The van der Waals surface area contributed by atoms with E-state index in [0.717, 1.165) is 36.1 Å². The molecular formula is C27H36F2Na2O9. The van der Waals surface area contributed by atoms with E-state index >= 15 is 0 Å². The maximum atomic E-state index is 13.3. The molecule has 4 rings (SSSR count). The van der Waals surface area contributed by atoms with Crippen LogP contribution in [-0.4, -0.2) is 66.0 Å². The topological polar surface area (TPSA) is 141 Å². The van der Waals surface area contributed by atoms with Gasteiger partial charge in [0.2, 0.25) is 0 Å². The van der Waals surface area contributed by atoms with Crippen LogP contribution in [0.1, 0.15) is 45.2 Å². The van der Waals surface area contributed by atoms with E-state index < -0.39 is 12.2 Å². The molecule has 2 aliphatic rings. The number of hydrogen-bond acceptors (Lipinski definition) is 9. The maximum absolute atomic E-state index is 13.3. The first-order valence-electron chi connectivity index (χ1n) is 12.5. The Hall–Kier alpha value is -0.830. The van der Waals surface area contributed by atoms with Gasteiger partial charge in [0.1, 0.15) is 41.4 Å². The number of carbonyl (C=O) groups is 1. The molecule has 2 heterocycles. The van der Waals surface area contributed by atoms with E-state index in [-0.39, 0.29) is 104 Å². The standard InChI is InChI=1S/C15H21FO3.C11H13FO3.CH2O3.2Na.H/c1-2-3-8-18-13-7-5-12(16)9-11(13)4-6-14-15(10-17)19-14;12-8-2-4-10-7(5-8)1-3-11(15-10)9(14)6-13;2-1-4-3;;;/h5,7,9,14-15,17H,2-4,6,8,10H2,1H3;2,4-5,9,11,13-14H,1,3,6H2;1,3H;;;/q;;;2*+1;-1/p-1. The second-order valence-electron chi connectivity index (χ2n) is 8.78. The summed E-state index contributed by atoms with van der Waals surface area (Å²) >= 11 is 0. The van der Waals surface area contributed by atoms with Crippen LogP contribution in [0.2, 0.25) is 0 Å². The van der Waals surface area contributed by atoms with Gasteiger partial charge in [-0.1, -0.05) is 13.3 Å². The SMILES string of the molecule is CCCCOc1ccc(F)cc1CCC1OC1CO.O=CO[O-].OCC(O)C1CCc2cc(F)ccc2O1.[H-].[Na+].[Na+]. The van der Waals surface area contributed by atoms with Gasteiger partial charge in [-0.25, -0.2) is 8.78 Å². The van der Waals surface area contributed by atoms with E-state index in [9.17, 15) is 13.9 Å². The van der Waals surface area contributed by atoms with Crippen LogP contribution in [0.25, 0.3) is 0 Å². The van der Waals surface area contributed by atoms with Gasteiger partial charge in [-0.15, -0.1) is 0 Å². The predicted molar refractivity (Wildman–Crippen MR) is 131 cm³/mol. The number of halogens is 2. The van der Waals surface area contributed by atoms with Gasteiger partial charge in [0.25, 0.3) is 6.47 Å². The molecule has 0 aromatic heterocycles. The summed E-state index contributed by atoms with van der Waals surface area (Å²) < 4.78 is 42.6. The summed E-state index contributed by atoms with van der Waals surface area (Å²) in [5.74, 6) is 0.836. The average Bonchev–Trinajstić information content (AvgIpc) is 3.71. The van der Waals surface area contributed by atoms with E-state index in [0.29, 0.717) is 31.6 Å². The van der Waals surface area contributed by atoms with E-state index in [1.165, 1.54) is 24.3 Å². The minimum absolute atomic E-state index is 0. The van der Waals surface area contributed by atoms with Crippen molar-refractivity contribution in [1.29, 1.82) is 0 Å². The predicted octanol–water partition coefficient (Wildman–Crippen LogP) is -3.88. The number of aryl methyl sites for hydroxylation is 2. The minimum Gasteiger partial charge on any atom is -1.00 e. The molecule has 1 saturated heterocycles. The molecule has 4 unspecified atom stereocenters. The first-order valence-corrected chi connectivity index (χ1v) is 12.5. The van der Waals surface area contributed by atoms with E-state index in [1.807, 2.05) is 0 Å². The number of hydrogen-bond donors (Lipinski definition) is 3. The summed E-state index contributed by atoms with van der Waals surface area (Å²) in [4.78, 5) is 11.2. The van der Waals surface area contributed by atoms with Gasteiger partial charge >= 0.3 is 59.1 Å². The van der Waals surface area contributed by atoms with Crippen LogP contribution in [0.5, 0.6) is 11.5 Å². The molecule has 2 aromatic rings. The van der Waals surface area contributed by atoms with Crippen LogP contribution in [0.15, 0.2) is 36.4 Å². The number of rotatable bonds is 11. The number of aliphatic hydroxyl groups excluding tert-OH is 3. The summed E-state index contributed by atoms with van der Waals surface area (Å²) in [6.07, 6.45) is 3.64. The van der Waals surface area contributed by atoms with Crippen molar-refractivity contribution in [3.05, 3.63) is 59.2 Å². The molecule has 2 aromatic carbocycles. The fraction of sp³-hybridized carbons (Fsp3) is 0.519. The molecule has 3 N–H and O–H groups in total. The Morgan fingerprint density at radius 3 is 2.42 bits per heavy atom. The summed E-state index contributed by atoms with van der Waals surface area (Å²) in [5.41, 5.74) is 1.69. The van der Waals surface area contributed by atoms with Crippen molar-refractivity contribution in [1.82, 2.24) is 0 Å². The van der Waals surface area contributed by atoms with E-state index in [1.54, 1.807) is 12.1 Å². The van der Waals surface area contributed by atoms with Crippen molar-refractivity contribution >= 4 is 6.47 Å². The Balaban J connectivity index is 0. The third-order valence-electron chi connectivity index (χ3n) is 6.00. The Morgan fingerprint density at radius 2 is 1.82 bits per heavy atom. The van der Waals surface area contributed by atoms with Gasteiger partial charge < -0.3 is 41.1 Å². The Morgan fingerprint density at radius 1 is 1.15 bits per heavy atom. The largest absolute Gasteiger partial charge is 1.00 e. The molecule has 4 atom stereocenters. The van der Waals surface area contributed by atoms with Gasteiger partial charge in [-0.05, 0) is 79.6 Å². The number of fused-ring (bicyclic) bond motifs is 1. The van der Waals surface area contributed by atoms with Crippen molar-refractivity contribution in [3.63, 3.8) is 0 Å². The maximum Gasteiger partial charge on any atom is 1.00 e. The van der Waals surface area contributed by atoms with E-state index in [2.05, 4.69) is 11.8 Å². The van der Waals surface area contributed by atoms with Crippen LogP contribution in [0.3, 0.4) is 0 Å². The molecule has 0 spiro atoms. The first kappa shape index (κ1) is 39.2. The second kappa shape index (κ2) is 21.8. The third-order valence-corrected chi connectivity index (χ3v) is 6.00. The second-order valence-corrected chi connectivity index (χ2v) is 8.78. The zero-order valence-electron chi connectivity index (χ0n) is 24.3. The van der Waals surface area contributed by atoms with Crippen molar-refractivity contribution < 1.29 is 114 Å². The summed E-state index contributed by atoms with van der Waals surface area (Å²) in [7, 11) is 0. The average molecular weight is 589 g/mol. The van der Waals surface area contributed by atoms with Gasteiger partial charge in [0, 0.05) is 0 Å². The number of epoxide rings is 1. The Labute approximate surface area is 278 Å². The van der Waals surface area contributed by atoms with Crippen LogP contribution in [0, 0.1) is 11.6 Å². The van der Waals surface area contributed by atoms with Crippen molar-refractivity contribution in [2.24, 2.45) is 0 Å². The number of ether oxygens (including phenoxy) is 3. The van der Waals surface area contributed by atoms with Crippen molar-refractivity contribution in [3.8, 4) is 11.5 Å². The molecule has 1 fully saturated rings. The van der Waals surface area contributed by atoms with Crippen LogP contribution >= 0.6 is 0 Å². The van der Waals surface area contributed by atoms with Crippen molar-refractivity contribution in [2.45, 2.75) is 69.9 Å². The Bertz CT molecular complexity index is 994. The monoisotopic (exact) mass is 588 g/mol. The molecule has 0 aliphatic carbocycles. The quantitative estimate of drug-likeness (QED) is 0.0601. The van der Waals surface area contributed by atoms with Gasteiger partial charge in [0.05, 0.1) is 25.9 Å². The Kier molecular flexibility index (Phi) is 21.4. The van der Waals surface area contributed by atoms with Crippen LogP contribution < -0.4 is 73.8 Å². The summed E-state index contributed by atoms with van der Waals surface area (Å²) in [6, 6.07) is 8.97. The molecule has 40 heavy (non-hydrogen) atoms. The smallest absolute Gasteiger partial charge is 1.00 e. The van der Waals surface area contributed by atoms with E-state index in [4.69, 9.17) is 34.5 Å². The number of carbonyl (C=O) groups excluding carboxylic acids is 1. The molecular weight excluding hydrogens is 552 g/mol. The fourth-order valence-corrected chi connectivity index (χ4v) is 3.87. The molecule has 0 bridgehead atoms. The molecule has 0 radical (unpaired) electrons. The zero-order valence-corrected chi connectivity index (χ0v) is 27.3.